The van der Waals surface area contributed by atoms with Gasteiger partial charge in [0.2, 0.25) is 15.9 Å². The highest BCUT2D eigenvalue weighted by atomic mass is 32.2. The molecule has 3 rings (SSSR count). The van der Waals surface area contributed by atoms with Gasteiger partial charge in [-0.15, -0.1) is 0 Å². The number of amides is 1. The van der Waals surface area contributed by atoms with Gasteiger partial charge < -0.3 is 5.32 Å². The van der Waals surface area contributed by atoms with Crippen molar-refractivity contribution in [1.82, 2.24) is 29.0 Å². The monoisotopic (exact) mass is 421 g/mol. The summed E-state index contributed by atoms with van der Waals surface area (Å²) < 4.78 is 26.9. The molecule has 0 spiro atoms. The number of anilines is 1. The second-order valence-corrected chi connectivity index (χ2v) is 9.41. The van der Waals surface area contributed by atoms with Crippen LogP contribution in [0.4, 0.5) is 5.82 Å². The number of nitrogens with zero attached hydrogens (tertiary/aromatic N) is 6. The van der Waals surface area contributed by atoms with E-state index in [0.29, 0.717) is 37.9 Å². The zero-order valence-electron chi connectivity index (χ0n) is 17.2. The van der Waals surface area contributed by atoms with Crippen LogP contribution in [0.15, 0.2) is 12.1 Å². The van der Waals surface area contributed by atoms with E-state index in [1.54, 1.807) is 13.0 Å². The molecule has 0 unspecified atom stereocenters. The van der Waals surface area contributed by atoms with Crippen molar-refractivity contribution in [2.24, 2.45) is 0 Å². The molecule has 11 heteroatoms. The maximum absolute atomic E-state index is 12.6. The molecule has 3 heterocycles. The smallest absolute Gasteiger partial charge is 0.252 e. The van der Waals surface area contributed by atoms with Crippen molar-refractivity contribution in [1.29, 1.82) is 0 Å². The van der Waals surface area contributed by atoms with Crippen molar-refractivity contribution in [3.8, 4) is 5.95 Å². The number of carbonyl (C=O) groups excluding carboxylic acids is 1. The fourth-order valence-electron chi connectivity index (χ4n) is 3.28. The van der Waals surface area contributed by atoms with Crippen LogP contribution < -0.4 is 5.32 Å². The van der Waals surface area contributed by atoms with E-state index in [4.69, 9.17) is 0 Å². The highest BCUT2D eigenvalue weighted by molar-refractivity contribution is 7.89. The van der Waals surface area contributed by atoms with Gasteiger partial charge in [-0.3, -0.25) is 9.69 Å². The van der Waals surface area contributed by atoms with Crippen LogP contribution in [0, 0.1) is 20.8 Å². The van der Waals surface area contributed by atoms with Crippen LogP contribution >= 0.6 is 0 Å². The highest BCUT2D eigenvalue weighted by Gasteiger charge is 2.26. The number of carbonyl (C=O) groups is 1. The van der Waals surface area contributed by atoms with E-state index in [9.17, 15) is 13.2 Å². The van der Waals surface area contributed by atoms with E-state index in [1.165, 1.54) is 8.99 Å². The van der Waals surface area contributed by atoms with E-state index in [2.05, 4.69) is 20.4 Å². The predicted octanol–water partition coefficient (Wildman–Crippen LogP) is 0.493. The fourth-order valence-corrected chi connectivity index (χ4v) is 4.36. The second-order valence-electron chi connectivity index (χ2n) is 7.16. The Morgan fingerprint density at radius 1 is 1.03 bits per heavy atom. The standard InChI is InChI=1S/C18H27N7O3S/c1-5-29(27,28)24-8-6-23(7-9-24)12-17(26)21-16-11-15(4)22-25(16)18-19-13(2)10-14(3)20-18/h10-11H,5-9,12H2,1-4H3,(H,21,26). The number of sulfonamides is 1. The topological polar surface area (TPSA) is 113 Å². The summed E-state index contributed by atoms with van der Waals surface area (Å²) >= 11 is 0. The summed E-state index contributed by atoms with van der Waals surface area (Å²) in [5.41, 5.74) is 2.37. The molecular weight excluding hydrogens is 394 g/mol. The van der Waals surface area contributed by atoms with Gasteiger partial charge in [-0.25, -0.2) is 18.4 Å². The third kappa shape index (κ3) is 5.17. The molecule has 29 heavy (non-hydrogen) atoms. The SMILES string of the molecule is CCS(=O)(=O)N1CCN(CC(=O)Nc2cc(C)nn2-c2nc(C)cc(C)n2)CC1. The Hall–Kier alpha value is -2.37. The zero-order valence-corrected chi connectivity index (χ0v) is 18.0. The lowest BCUT2D eigenvalue weighted by Crippen LogP contribution is -2.50. The van der Waals surface area contributed by atoms with Gasteiger partial charge in [-0.1, -0.05) is 0 Å². The summed E-state index contributed by atoms with van der Waals surface area (Å²) in [5, 5.41) is 7.28. The predicted molar refractivity (Wildman–Crippen MR) is 109 cm³/mol. The van der Waals surface area contributed by atoms with Crippen LogP contribution in [-0.4, -0.2) is 81.8 Å². The molecule has 1 saturated heterocycles. The summed E-state index contributed by atoms with van der Waals surface area (Å²) in [5.74, 6) is 0.813. The molecule has 2 aromatic rings. The van der Waals surface area contributed by atoms with Gasteiger partial charge in [-0.05, 0) is 33.8 Å². The first-order chi connectivity index (χ1) is 13.7. The Bertz CT molecular complexity index is 975. The first-order valence-electron chi connectivity index (χ1n) is 9.57. The molecule has 0 aromatic carbocycles. The normalized spacial score (nSPS) is 16.1. The number of hydrogen-bond donors (Lipinski definition) is 1. The number of aromatic nitrogens is 4. The van der Waals surface area contributed by atoms with Gasteiger partial charge in [0.15, 0.2) is 0 Å². The largest absolute Gasteiger partial charge is 0.309 e. The van der Waals surface area contributed by atoms with E-state index >= 15 is 0 Å². The molecule has 0 atom stereocenters. The number of nitrogens with one attached hydrogen (secondary N) is 1. The summed E-state index contributed by atoms with van der Waals surface area (Å²) in [6.07, 6.45) is 0. The molecule has 1 amide bonds. The van der Waals surface area contributed by atoms with Crippen molar-refractivity contribution < 1.29 is 13.2 Å². The van der Waals surface area contributed by atoms with E-state index in [1.807, 2.05) is 31.7 Å². The number of hydrogen-bond acceptors (Lipinski definition) is 7. The van der Waals surface area contributed by atoms with Gasteiger partial charge >= 0.3 is 0 Å². The molecule has 0 bridgehead atoms. The van der Waals surface area contributed by atoms with Crippen molar-refractivity contribution in [2.45, 2.75) is 27.7 Å². The van der Waals surface area contributed by atoms with Crippen LogP contribution in [0.25, 0.3) is 5.95 Å². The quantitative estimate of drug-likeness (QED) is 0.722. The van der Waals surface area contributed by atoms with Gasteiger partial charge in [0.1, 0.15) is 5.82 Å². The lowest BCUT2D eigenvalue weighted by atomic mass is 10.3. The van der Waals surface area contributed by atoms with Crippen LogP contribution in [0.1, 0.15) is 24.0 Å². The third-order valence-electron chi connectivity index (χ3n) is 4.72. The Labute approximate surface area is 171 Å². The molecule has 1 aliphatic rings. The molecule has 10 nitrogen and oxygen atoms in total. The average Bonchev–Trinajstić information content (AvgIpc) is 3.01. The van der Waals surface area contributed by atoms with Crippen LogP contribution in [0.2, 0.25) is 0 Å². The van der Waals surface area contributed by atoms with Gasteiger partial charge in [0.05, 0.1) is 18.0 Å². The summed E-state index contributed by atoms with van der Waals surface area (Å²) in [4.78, 5) is 23.3. The molecule has 0 radical (unpaired) electrons. The Morgan fingerprint density at radius 3 is 2.24 bits per heavy atom. The van der Waals surface area contributed by atoms with Crippen molar-refractivity contribution >= 4 is 21.7 Å². The summed E-state index contributed by atoms with van der Waals surface area (Å²) in [6.45, 7) is 9.25. The zero-order chi connectivity index (χ0) is 21.2. The molecule has 1 fully saturated rings. The number of piperazine rings is 1. The fraction of sp³-hybridized carbons (Fsp3) is 0.556. The summed E-state index contributed by atoms with van der Waals surface area (Å²) in [6, 6.07) is 3.64. The van der Waals surface area contributed by atoms with Gasteiger partial charge in [0, 0.05) is 43.6 Å². The average molecular weight is 422 g/mol. The van der Waals surface area contributed by atoms with E-state index < -0.39 is 10.0 Å². The lowest BCUT2D eigenvalue weighted by Gasteiger charge is -2.33. The Kier molecular flexibility index (Phi) is 6.30. The molecule has 1 aliphatic heterocycles. The maximum atomic E-state index is 12.6. The highest BCUT2D eigenvalue weighted by Crippen LogP contribution is 2.16. The molecule has 0 aliphatic carbocycles. The Balaban J connectivity index is 1.65. The van der Waals surface area contributed by atoms with Crippen LogP contribution in [0.5, 0.6) is 0 Å². The van der Waals surface area contributed by atoms with Crippen molar-refractivity contribution in [3.63, 3.8) is 0 Å². The molecule has 1 N–H and O–H groups in total. The van der Waals surface area contributed by atoms with E-state index in [-0.39, 0.29) is 18.2 Å². The summed E-state index contributed by atoms with van der Waals surface area (Å²) in [7, 11) is -3.18. The molecule has 0 saturated carbocycles. The van der Waals surface area contributed by atoms with E-state index in [0.717, 1.165) is 17.1 Å². The maximum Gasteiger partial charge on any atom is 0.252 e. The minimum absolute atomic E-state index is 0.0946. The third-order valence-corrected chi connectivity index (χ3v) is 6.60. The van der Waals surface area contributed by atoms with Gasteiger partial charge in [0.25, 0.3) is 5.95 Å². The number of rotatable bonds is 6. The van der Waals surface area contributed by atoms with Gasteiger partial charge in [-0.2, -0.15) is 14.1 Å². The first-order valence-corrected chi connectivity index (χ1v) is 11.2. The lowest BCUT2D eigenvalue weighted by molar-refractivity contribution is -0.117. The first kappa shape index (κ1) is 21.3. The molecule has 158 valence electrons. The minimum Gasteiger partial charge on any atom is -0.309 e. The minimum atomic E-state index is -3.18. The van der Waals surface area contributed by atoms with Crippen molar-refractivity contribution in [2.75, 3.05) is 43.8 Å². The van der Waals surface area contributed by atoms with Crippen molar-refractivity contribution in [3.05, 3.63) is 29.2 Å². The number of aryl methyl sites for hydroxylation is 3. The Morgan fingerprint density at radius 2 is 1.66 bits per heavy atom. The molecule has 2 aromatic heterocycles. The molecular formula is C18H27N7O3S. The second kappa shape index (κ2) is 8.56. The van der Waals surface area contributed by atoms with Crippen LogP contribution in [0.3, 0.4) is 0 Å². The van der Waals surface area contributed by atoms with Crippen LogP contribution in [-0.2, 0) is 14.8 Å².